The van der Waals surface area contributed by atoms with Crippen molar-refractivity contribution in [3.63, 3.8) is 0 Å². The molecule has 0 aromatic carbocycles. The van der Waals surface area contributed by atoms with Crippen LogP contribution in [0.5, 0.6) is 0 Å². The van der Waals surface area contributed by atoms with Crippen molar-refractivity contribution in [1.29, 1.82) is 0 Å². The number of methoxy groups -OCH3 is 1. The fraction of sp³-hybridized carbons (Fsp3) is 0.810. The largest absolute Gasteiger partial charge is 0.469 e. The smallest absolute Gasteiger partial charge is 0.310 e. The van der Waals surface area contributed by atoms with Crippen LogP contribution in [0.25, 0.3) is 0 Å². The molecule has 1 unspecified atom stereocenters. The van der Waals surface area contributed by atoms with Gasteiger partial charge in [-0.3, -0.25) is 9.59 Å². The summed E-state index contributed by atoms with van der Waals surface area (Å²) in [5.74, 6) is 0.262. The standard InChI is InChI=1S/C21H35NO3/c1-17(21(24)25-2)16-22(14-13-18-9-5-3-6-10-18)20(23)15-19-11-7-4-8-12-19/h9,17,19H,3-8,10-16H2,1-2H3. The van der Waals surface area contributed by atoms with Gasteiger partial charge in [0.25, 0.3) is 0 Å². The Balaban J connectivity index is 1.92. The lowest BCUT2D eigenvalue weighted by molar-refractivity contribution is -0.146. The Morgan fingerprint density at radius 2 is 1.96 bits per heavy atom. The predicted molar refractivity (Wildman–Crippen MR) is 100 cm³/mol. The number of carbonyl (C=O) groups excluding carboxylic acids is 2. The minimum absolute atomic E-state index is 0.221. The van der Waals surface area contributed by atoms with E-state index in [1.807, 2.05) is 11.8 Å². The van der Waals surface area contributed by atoms with E-state index >= 15 is 0 Å². The van der Waals surface area contributed by atoms with Crippen LogP contribution in [0.2, 0.25) is 0 Å². The van der Waals surface area contributed by atoms with Crippen molar-refractivity contribution >= 4 is 11.9 Å². The zero-order chi connectivity index (χ0) is 18.1. The second-order valence-electron chi connectivity index (χ2n) is 7.83. The fourth-order valence-electron chi connectivity index (χ4n) is 4.10. The Labute approximate surface area is 153 Å². The molecule has 0 bridgehead atoms. The lowest BCUT2D eigenvalue weighted by Gasteiger charge is -2.29. The molecule has 0 aromatic heterocycles. The Morgan fingerprint density at radius 3 is 2.60 bits per heavy atom. The van der Waals surface area contributed by atoms with Crippen LogP contribution in [0.1, 0.15) is 77.6 Å². The molecule has 1 fully saturated rings. The van der Waals surface area contributed by atoms with Gasteiger partial charge in [0.2, 0.25) is 5.91 Å². The maximum atomic E-state index is 12.9. The third-order valence-corrected chi connectivity index (χ3v) is 5.73. The first-order chi connectivity index (χ1) is 12.1. The van der Waals surface area contributed by atoms with E-state index in [9.17, 15) is 9.59 Å². The average Bonchev–Trinajstić information content (AvgIpc) is 2.65. The lowest BCUT2D eigenvalue weighted by atomic mass is 9.86. The van der Waals surface area contributed by atoms with Crippen LogP contribution in [0.3, 0.4) is 0 Å². The summed E-state index contributed by atoms with van der Waals surface area (Å²) >= 11 is 0. The highest BCUT2D eigenvalue weighted by Crippen LogP contribution is 2.27. The van der Waals surface area contributed by atoms with E-state index in [0.717, 1.165) is 19.4 Å². The Bertz CT molecular complexity index is 466. The van der Waals surface area contributed by atoms with Crippen molar-refractivity contribution in [3.05, 3.63) is 11.6 Å². The number of hydrogen-bond donors (Lipinski definition) is 0. The Kier molecular flexibility index (Phi) is 8.50. The number of ether oxygens (including phenoxy) is 1. The van der Waals surface area contributed by atoms with Crippen LogP contribution in [-0.4, -0.2) is 37.0 Å². The second-order valence-corrected chi connectivity index (χ2v) is 7.83. The Hall–Kier alpha value is -1.32. The second kappa shape index (κ2) is 10.6. The molecule has 0 spiro atoms. The third kappa shape index (κ3) is 6.83. The molecule has 0 N–H and O–H groups in total. The molecule has 0 radical (unpaired) electrons. The van der Waals surface area contributed by atoms with Crippen LogP contribution < -0.4 is 0 Å². The maximum Gasteiger partial charge on any atom is 0.310 e. The molecule has 1 saturated carbocycles. The van der Waals surface area contributed by atoms with Crippen molar-refractivity contribution in [2.24, 2.45) is 11.8 Å². The zero-order valence-corrected chi connectivity index (χ0v) is 16.1. The highest BCUT2D eigenvalue weighted by atomic mass is 16.5. The summed E-state index contributed by atoms with van der Waals surface area (Å²) in [5, 5.41) is 0. The van der Waals surface area contributed by atoms with Crippen LogP contribution >= 0.6 is 0 Å². The van der Waals surface area contributed by atoms with Crippen molar-refractivity contribution in [1.82, 2.24) is 4.90 Å². The quantitative estimate of drug-likeness (QED) is 0.479. The van der Waals surface area contributed by atoms with Crippen LogP contribution in [-0.2, 0) is 14.3 Å². The highest BCUT2D eigenvalue weighted by molar-refractivity contribution is 5.78. The van der Waals surface area contributed by atoms with Gasteiger partial charge in [-0.2, -0.15) is 0 Å². The monoisotopic (exact) mass is 349 g/mol. The number of carbonyl (C=O) groups is 2. The van der Waals surface area contributed by atoms with Crippen molar-refractivity contribution in [3.8, 4) is 0 Å². The molecule has 1 atom stereocenters. The molecule has 2 rings (SSSR count). The molecule has 0 heterocycles. The number of allylic oxidation sites excluding steroid dienone is 1. The average molecular weight is 350 g/mol. The summed E-state index contributed by atoms with van der Waals surface area (Å²) in [7, 11) is 1.42. The first kappa shape index (κ1) is 20.0. The molecule has 4 heteroatoms. The van der Waals surface area contributed by atoms with E-state index in [-0.39, 0.29) is 17.8 Å². The molecule has 0 aliphatic heterocycles. The first-order valence-electron chi connectivity index (χ1n) is 10.1. The van der Waals surface area contributed by atoms with Crippen molar-refractivity contribution in [2.45, 2.75) is 77.6 Å². The van der Waals surface area contributed by atoms with E-state index in [2.05, 4.69) is 6.08 Å². The molecule has 2 aliphatic rings. The SMILES string of the molecule is COC(=O)C(C)CN(CCC1=CCCCC1)C(=O)CC1CCCCC1. The van der Waals surface area contributed by atoms with Gasteiger partial charge in [-0.25, -0.2) is 0 Å². The Morgan fingerprint density at radius 1 is 1.20 bits per heavy atom. The highest BCUT2D eigenvalue weighted by Gasteiger charge is 2.25. The van der Waals surface area contributed by atoms with E-state index in [4.69, 9.17) is 4.74 Å². The van der Waals surface area contributed by atoms with Crippen LogP contribution in [0.15, 0.2) is 11.6 Å². The molecule has 2 aliphatic carbocycles. The minimum Gasteiger partial charge on any atom is -0.469 e. The summed E-state index contributed by atoms with van der Waals surface area (Å²) in [4.78, 5) is 26.6. The topological polar surface area (TPSA) is 46.6 Å². The number of nitrogens with zero attached hydrogens (tertiary/aromatic N) is 1. The van der Waals surface area contributed by atoms with Gasteiger partial charge in [0.1, 0.15) is 0 Å². The summed E-state index contributed by atoms with van der Waals surface area (Å²) in [6.07, 6.45) is 15.0. The molecule has 25 heavy (non-hydrogen) atoms. The van der Waals surface area contributed by atoms with E-state index in [1.54, 1.807) is 0 Å². The van der Waals surface area contributed by atoms with Crippen LogP contribution in [0, 0.1) is 11.8 Å². The van der Waals surface area contributed by atoms with Gasteiger partial charge in [0.05, 0.1) is 13.0 Å². The molecule has 4 nitrogen and oxygen atoms in total. The van der Waals surface area contributed by atoms with Gasteiger partial charge in [0.15, 0.2) is 0 Å². The molecule has 0 saturated heterocycles. The number of rotatable bonds is 8. The van der Waals surface area contributed by atoms with Crippen molar-refractivity contribution in [2.75, 3.05) is 20.2 Å². The first-order valence-corrected chi connectivity index (χ1v) is 10.1. The molecular weight excluding hydrogens is 314 g/mol. The molecule has 0 aromatic rings. The summed E-state index contributed by atoms with van der Waals surface area (Å²) in [6, 6.07) is 0. The molecule has 1 amide bonds. The van der Waals surface area contributed by atoms with Gasteiger partial charge in [-0.05, 0) is 50.9 Å². The minimum atomic E-state index is -0.263. The van der Waals surface area contributed by atoms with Crippen molar-refractivity contribution < 1.29 is 14.3 Å². The lowest BCUT2D eigenvalue weighted by Crippen LogP contribution is -2.39. The fourth-order valence-corrected chi connectivity index (χ4v) is 4.10. The van der Waals surface area contributed by atoms with Gasteiger partial charge < -0.3 is 9.64 Å². The molecule has 142 valence electrons. The summed E-state index contributed by atoms with van der Waals surface area (Å²) in [6.45, 7) is 3.07. The van der Waals surface area contributed by atoms with Gasteiger partial charge in [-0.15, -0.1) is 0 Å². The van der Waals surface area contributed by atoms with E-state index < -0.39 is 0 Å². The van der Waals surface area contributed by atoms with Gasteiger partial charge in [0, 0.05) is 19.5 Å². The van der Waals surface area contributed by atoms with Gasteiger partial charge >= 0.3 is 5.97 Å². The number of hydrogen-bond acceptors (Lipinski definition) is 3. The third-order valence-electron chi connectivity index (χ3n) is 5.73. The zero-order valence-electron chi connectivity index (χ0n) is 16.1. The predicted octanol–water partition coefficient (Wildman–Crippen LogP) is 4.49. The van der Waals surface area contributed by atoms with Crippen LogP contribution in [0.4, 0.5) is 0 Å². The van der Waals surface area contributed by atoms with E-state index in [0.29, 0.717) is 18.9 Å². The normalized spacial score (nSPS) is 19.8. The van der Waals surface area contributed by atoms with Gasteiger partial charge in [-0.1, -0.05) is 37.8 Å². The van der Waals surface area contributed by atoms with E-state index in [1.165, 1.54) is 64.0 Å². The maximum absolute atomic E-state index is 12.9. The summed E-state index contributed by atoms with van der Waals surface area (Å²) < 4.78 is 4.85. The molecular formula is C21H35NO3. The number of amides is 1. The summed E-state index contributed by atoms with van der Waals surface area (Å²) in [5.41, 5.74) is 1.48. The number of esters is 1.